The maximum atomic E-state index is 12.9. The summed E-state index contributed by atoms with van der Waals surface area (Å²) in [4.78, 5) is 28.5. The number of hydrogen-bond acceptors (Lipinski definition) is 6. The van der Waals surface area contributed by atoms with Crippen LogP contribution < -0.4 is 10.9 Å². The predicted octanol–water partition coefficient (Wildman–Crippen LogP) is 5.18. The molecule has 2 N–H and O–H groups in total. The maximum absolute atomic E-state index is 12.9. The lowest BCUT2D eigenvalue weighted by molar-refractivity contribution is 0.0851. The average Bonchev–Trinajstić information content (AvgIpc) is 3.66. The van der Waals surface area contributed by atoms with Gasteiger partial charge >= 0.3 is 0 Å². The van der Waals surface area contributed by atoms with Crippen LogP contribution in [0.1, 0.15) is 30.7 Å². The van der Waals surface area contributed by atoms with Crippen LogP contribution in [-0.2, 0) is 0 Å². The maximum Gasteiger partial charge on any atom is 0.279 e. The fraction of sp³-hybridized carbons (Fsp3) is 0.0769. The molecule has 6 rings (SSSR count). The molecular weight excluding hydrogens is 492 g/mol. The van der Waals surface area contributed by atoms with Crippen LogP contribution in [0.4, 0.5) is 0 Å². The highest BCUT2D eigenvalue weighted by molar-refractivity contribution is 7.21. The molecule has 0 atom stereocenters. The number of hydrogen-bond donors (Lipinski definition) is 2. The van der Waals surface area contributed by atoms with Crippen LogP contribution in [0.3, 0.4) is 0 Å². The van der Waals surface area contributed by atoms with Crippen LogP contribution in [0.5, 0.6) is 0 Å². The van der Waals surface area contributed by atoms with E-state index in [2.05, 4.69) is 21.0 Å². The highest BCUT2D eigenvalue weighted by atomic mass is 32.1. The van der Waals surface area contributed by atoms with Gasteiger partial charge in [-0.15, -0.1) is 22.7 Å². The second-order valence-corrected chi connectivity index (χ2v) is 10.3. The number of fused-ring (bicyclic) bond motifs is 2. The van der Waals surface area contributed by atoms with Crippen LogP contribution in [0.2, 0.25) is 0 Å². The molecule has 0 unspecified atom stereocenters. The summed E-state index contributed by atoms with van der Waals surface area (Å²) in [5, 5.41) is 11.0. The lowest BCUT2D eigenvalue weighted by Gasteiger charge is -2.05. The van der Waals surface area contributed by atoms with Crippen molar-refractivity contribution in [1.82, 2.24) is 30.4 Å². The van der Waals surface area contributed by atoms with Crippen molar-refractivity contribution in [1.29, 1.82) is 0 Å². The van der Waals surface area contributed by atoms with Gasteiger partial charge in [0, 0.05) is 10.8 Å². The van der Waals surface area contributed by atoms with Gasteiger partial charge in [0.25, 0.3) is 11.8 Å². The lowest BCUT2D eigenvalue weighted by atomic mass is 10.3. The summed E-state index contributed by atoms with van der Waals surface area (Å²) < 4.78 is 3.67. The Bertz CT molecular complexity index is 1610. The number of hydrazine groups is 1. The smallest absolute Gasteiger partial charge is 0.266 e. The van der Waals surface area contributed by atoms with Crippen molar-refractivity contribution in [3.05, 3.63) is 93.9 Å². The minimum absolute atomic E-state index is 0.378. The van der Waals surface area contributed by atoms with Crippen molar-refractivity contribution in [3.8, 4) is 11.4 Å². The number of carbonyl (C=O) groups is 2. The molecule has 0 saturated heterocycles. The topological polar surface area (TPSA) is 93.8 Å². The summed E-state index contributed by atoms with van der Waals surface area (Å²) in [6.07, 6.45) is 0. The number of aryl methyl sites for hydroxylation is 2. The summed E-state index contributed by atoms with van der Waals surface area (Å²) in [6, 6.07) is 23.2. The first-order valence-corrected chi connectivity index (χ1v) is 12.8. The third kappa shape index (κ3) is 3.76. The number of para-hydroxylation sites is 2. The number of carbonyl (C=O) groups excluding carboxylic acids is 2. The molecule has 36 heavy (non-hydrogen) atoms. The molecule has 0 aliphatic carbocycles. The molecule has 178 valence electrons. The standard InChI is InChI=1S/C26H20N6O2S2/c1-15-19-13-21(35-25(19)31(29-15)17-9-5-3-6-10-17)23(33)27-28-24(34)22-14-20-16(2)30-32(26(20)36-22)18-11-7-4-8-12-18/h3-14H,1-2H3,(H,27,33)(H,28,34). The third-order valence-corrected chi connectivity index (χ3v) is 8.05. The molecule has 4 aromatic heterocycles. The Balaban J connectivity index is 1.21. The van der Waals surface area contributed by atoms with E-state index in [0.29, 0.717) is 9.75 Å². The second kappa shape index (κ2) is 8.74. The van der Waals surface area contributed by atoms with Gasteiger partial charge in [0.05, 0.1) is 32.5 Å². The van der Waals surface area contributed by atoms with Gasteiger partial charge in [-0.05, 0) is 50.2 Å². The monoisotopic (exact) mass is 512 g/mol. The molecule has 2 aromatic carbocycles. The quantitative estimate of drug-likeness (QED) is 0.318. The molecule has 0 bridgehead atoms. The number of benzene rings is 2. The Morgan fingerprint density at radius 3 is 1.44 bits per heavy atom. The van der Waals surface area contributed by atoms with Gasteiger partial charge < -0.3 is 0 Å². The van der Waals surface area contributed by atoms with Crippen LogP contribution in [-0.4, -0.2) is 31.4 Å². The molecule has 0 aliphatic heterocycles. The third-order valence-electron chi connectivity index (χ3n) is 5.83. The molecule has 4 heterocycles. The molecular formula is C26H20N6O2S2. The highest BCUT2D eigenvalue weighted by Crippen LogP contribution is 2.31. The van der Waals surface area contributed by atoms with E-state index in [-0.39, 0.29) is 11.8 Å². The molecule has 0 saturated carbocycles. The Hall–Kier alpha value is -4.28. The largest absolute Gasteiger partial charge is 0.279 e. The fourth-order valence-corrected chi connectivity index (χ4v) is 6.20. The zero-order valence-corrected chi connectivity index (χ0v) is 21.0. The zero-order chi connectivity index (χ0) is 24.8. The van der Waals surface area contributed by atoms with E-state index in [1.807, 2.05) is 83.9 Å². The Morgan fingerprint density at radius 2 is 1.06 bits per heavy atom. The van der Waals surface area contributed by atoms with Crippen molar-refractivity contribution in [3.63, 3.8) is 0 Å². The van der Waals surface area contributed by atoms with E-state index < -0.39 is 0 Å². The first-order chi connectivity index (χ1) is 17.5. The summed E-state index contributed by atoms with van der Waals surface area (Å²) in [5.74, 6) is -0.757. The van der Waals surface area contributed by atoms with Crippen molar-refractivity contribution in [2.75, 3.05) is 0 Å². The Labute approximate surface area is 213 Å². The first kappa shape index (κ1) is 22.2. The molecule has 2 amide bonds. The van der Waals surface area contributed by atoms with Gasteiger partial charge in [0.2, 0.25) is 0 Å². The van der Waals surface area contributed by atoms with Crippen molar-refractivity contribution in [2.45, 2.75) is 13.8 Å². The number of amides is 2. The van der Waals surface area contributed by atoms with Gasteiger partial charge in [-0.2, -0.15) is 10.2 Å². The first-order valence-electron chi connectivity index (χ1n) is 11.2. The van der Waals surface area contributed by atoms with Crippen molar-refractivity contribution >= 4 is 54.9 Å². The summed E-state index contributed by atoms with van der Waals surface area (Å²) in [5.41, 5.74) is 8.62. The Kier molecular flexibility index (Phi) is 5.39. The molecule has 0 fully saturated rings. The summed E-state index contributed by atoms with van der Waals surface area (Å²) >= 11 is 2.66. The van der Waals surface area contributed by atoms with E-state index >= 15 is 0 Å². The zero-order valence-electron chi connectivity index (χ0n) is 19.4. The summed E-state index contributed by atoms with van der Waals surface area (Å²) in [7, 11) is 0. The van der Waals surface area contributed by atoms with Crippen molar-refractivity contribution < 1.29 is 9.59 Å². The minimum atomic E-state index is -0.378. The lowest BCUT2D eigenvalue weighted by Crippen LogP contribution is -2.41. The highest BCUT2D eigenvalue weighted by Gasteiger charge is 2.20. The fourth-order valence-electron chi connectivity index (χ4n) is 4.04. The number of nitrogens with zero attached hydrogens (tertiary/aromatic N) is 4. The van der Waals surface area contributed by atoms with Crippen molar-refractivity contribution in [2.24, 2.45) is 0 Å². The molecule has 0 spiro atoms. The van der Waals surface area contributed by atoms with Crippen LogP contribution >= 0.6 is 22.7 Å². The van der Waals surface area contributed by atoms with Gasteiger partial charge in [0.15, 0.2) is 0 Å². The second-order valence-electron chi connectivity index (χ2n) is 8.23. The number of rotatable bonds is 4. The SMILES string of the molecule is Cc1nn(-c2ccccc2)c2sc(C(=O)NNC(=O)c3cc4c(C)nn(-c5ccccc5)c4s3)cc12. The van der Waals surface area contributed by atoms with Crippen LogP contribution in [0.15, 0.2) is 72.8 Å². The molecule has 0 radical (unpaired) electrons. The van der Waals surface area contributed by atoms with Gasteiger partial charge in [0.1, 0.15) is 9.66 Å². The molecule has 10 heteroatoms. The van der Waals surface area contributed by atoms with Gasteiger partial charge in [-0.25, -0.2) is 9.36 Å². The van der Waals surface area contributed by atoms with E-state index in [0.717, 1.165) is 43.2 Å². The van der Waals surface area contributed by atoms with Crippen LogP contribution in [0.25, 0.3) is 31.8 Å². The number of aromatic nitrogens is 4. The van der Waals surface area contributed by atoms with E-state index in [1.165, 1.54) is 22.7 Å². The average molecular weight is 513 g/mol. The Morgan fingerprint density at radius 1 is 0.667 bits per heavy atom. The van der Waals surface area contributed by atoms with E-state index in [4.69, 9.17) is 0 Å². The van der Waals surface area contributed by atoms with Gasteiger partial charge in [-0.3, -0.25) is 20.4 Å². The van der Waals surface area contributed by atoms with Gasteiger partial charge in [-0.1, -0.05) is 36.4 Å². The minimum Gasteiger partial charge on any atom is -0.266 e. The molecule has 8 nitrogen and oxygen atoms in total. The molecule has 6 aromatic rings. The van der Waals surface area contributed by atoms with Crippen LogP contribution in [0, 0.1) is 13.8 Å². The van der Waals surface area contributed by atoms with E-state index in [9.17, 15) is 9.59 Å². The normalized spacial score (nSPS) is 11.3. The number of nitrogens with one attached hydrogen (secondary N) is 2. The number of thiophene rings is 2. The predicted molar refractivity (Wildman–Crippen MR) is 142 cm³/mol. The molecule has 0 aliphatic rings. The summed E-state index contributed by atoms with van der Waals surface area (Å²) in [6.45, 7) is 3.83. The van der Waals surface area contributed by atoms with E-state index in [1.54, 1.807) is 12.1 Å².